The number of nitrogens with one attached hydrogen (secondary N) is 1. The first-order valence-corrected chi connectivity index (χ1v) is 11.6. The molecule has 4 rings (SSSR count). The molecule has 0 unspecified atom stereocenters. The lowest BCUT2D eigenvalue weighted by Gasteiger charge is -2.08. The summed E-state index contributed by atoms with van der Waals surface area (Å²) in [5, 5.41) is 6.44. The van der Waals surface area contributed by atoms with Gasteiger partial charge in [-0.15, -0.1) is 11.3 Å². The number of sulfonamides is 1. The van der Waals surface area contributed by atoms with Crippen LogP contribution < -0.4 is 4.72 Å². The highest BCUT2D eigenvalue weighted by atomic mass is 32.2. The van der Waals surface area contributed by atoms with Crippen molar-refractivity contribution in [3.63, 3.8) is 0 Å². The lowest BCUT2D eigenvalue weighted by molar-refractivity contribution is 0.101. The number of thiophene rings is 1. The van der Waals surface area contributed by atoms with Crippen LogP contribution in [-0.2, 0) is 16.6 Å². The van der Waals surface area contributed by atoms with E-state index in [1.165, 1.54) is 24.3 Å². The number of aromatic nitrogens is 2. The molecule has 8 heteroatoms. The van der Waals surface area contributed by atoms with Gasteiger partial charge in [0.2, 0.25) is 0 Å². The van der Waals surface area contributed by atoms with Crippen LogP contribution in [0.5, 0.6) is 0 Å². The van der Waals surface area contributed by atoms with Gasteiger partial charge >= 0.3 is 0 Å². The molecule has 0 saturated heterocycles. The first-order valence-electron chi connectivity index (χ1n) is 9.21. The number of Topliss-reactive ketones (excluding diaryl/α,β-unsaturated/α-hetero) is 1. The maximum absolute atomic E-state index is 13.2. The molecule has 30 heavy (non-hydrogen) atoms. The Hall–Kier alpha value is -3.23. The fraction of sp³-hybridized carbons (Fsp3) is 0.0909. The first-order chi connectivity index (χ1) is 14.4. The average molecular weight is 438 g/mol. The van der Waals surface area contributed by atoms with Gasteiger partial charge in [0.1, 0.15) is 10.6 Å². The Morgan fingerprint density at radius 3 is 2.57 bits per heavy atom. The van der Waals surface area contributed by atoms with Crippen molar-refractivity contribution in [1.29, 1.82) is 0 Å². The van der Waals surface area contributed by atoms with Crippen LogP contribution in [-0.4, -0.2) is 24.0 Å². The summed E-state index contributed by atoms with van der Waals surface area (Å²) in [5.74, 6) is -0.133. The summed E-state index contributed by atoms with van der Waals surface area (Å²) in [6.07, 6.45) is 1.54. The van der Waals surface area contributed by atoms with Crippen LogP contribution in [0.15, 0.2) is 83.2 Å². The van der Waals surface area contributed by atoms with E-state index in [9.17, 15) is 13.2 Å². The number of hydrogen-bond acceptors (Lipinski definition) is 5. The van der Waals surface area contributed by atoms with E-state index < -0.39 is 10.0 Å². The molecule has 0 aliphatic rings. The smallest absolute Gasteiger partial charge is 0.265 e. The van der Waals surface area contributed by atoms with Gasteiger partial charge in [0.25, 0.3) is 10.0 Å². The van der Waals surface area contributed by atoms with Crippen LogP contribution in [0.4, 0.5) is 5.69 Å². The lowest BCUT2D eigenvalue weighted by atomic mass is 10.1. The van der Waals surface area contributed by atoms with E-state index in [0.717, 1.165) is 10.4 Å². The molecule has 152 valence electrons. The number of ketones is 1. The minimum atomic E-state index is -3.92. The highest BCUT2D eigenvalue weighted by Crippen LogP contribution is 2.31. The van der Waals surface area contributed by atoms with E-state index in [0.29, 0.717) is 23.5 Å². The molecular formula is C22H19N3O3S2. The zero-order chi connectivity index (χ0) is 21.1. The van der Waals surface area contributed by atoms with Crippen molar-refractivity contribution in [2.75, 3.05) is 4.72 Å². The zero-order valence-corrected chi connectivity index (χ0v) is 17.8. The molecule has 2 aromatic carbocycles. The first kappa shape index (κ1) is 20.1. The summed E-state index contributed by atoms with van der Waals surface area (Å²) in [5.41, 5.74) is 2.18. The molecule has 0 aliphatic carbocycles. The van der Waals surface area contributed by atoms with Gasteiger partial charge in [0.05, 0.1) is 11.4 Å². The normalized spacial score (nSPS) is 11.4. The van der Waals surface area contributed by atoms with Gasteiger partial charge in [-0.25, -0.2) is 8.42 Å². The molecule has 4 aromatic rings. The van der Waals surface area contributed by atoms with Gasteiger partial charge in [0.15, 0.2) is 5.78 Å². The molecule has 0 aliphatic heterocycles. The molecule has 2 aromatic heterocycles. The molecule has 0 fully saturated rings. The Kier molecular flexibility index (Phi) is 5.52. The molecule has 6 nitrogen and oxygen atoms in total. The number of rotatable bonds is 7. The van der Waals surface area contributed by atoms with Crippen molar-refractivity contribution in [3.05, 3.63) is 89.4 Å². The molecule has 0 bridgehead atoms. The van der Waals surface area contributed by atoms with Crippen LogP contribution in [0.3, 0.4) is 0 Å². The lowest BCUT2D eigenvalue weighted by Crippen LogP contribution is -2.13. The number of hydrogen-bond donors (Lipinski definition) is 1. The second-order valence-electron chi connectivity index (χ2n) is 6.74. The minimum absolute atomic E-state index is 0.0918. The summed E-state index contributed by atoms with van der Waals surface area (Å²) in [4.78, 5) is 12.5. The number of carbonyl (C=O) groups excluding carboxylic acids is 1. The predicted octanol–water partition coefficient (Wildman–Crippen LogP) is 4.66. The molecule has 2 heterocycles. The number of anilines is 1. The largest absolute Gasteiger partial charge is 0.295 e. The molecule has 0 spiro atoms. The Labute approximate surface area is 178 Å². The fourth-order valence-electron chi connectivity index (χ4n) is 3.05. The summed E-state index contributed by atoms with van der Waals surface area (Å²) < 4.78 is 30.7. The second kappa shape index (κ2) is 8.25. The van der Waals surface area contributed by atoms with Gasteiger partial charge in [0, 0.05) is 17.4 Å². The predicted molar refractivity (Wildman–Crippen MR) is 118 cm³/mol. The molecule has 0 saturated carbocycles. The average Bonchev–Trinajstić information content (AvgIpc) is 3.38. The quantitative estimate of drug-likeness (QED) is 0.426. The Morgan fingerprint density at radius 2 is 1.87 bits per heavy atom. The van der Waals surface area contributed by atoms with Crippen LogP contribution in [0.1, 0.15) is 22.8 Å². The second-order valence-corrected chi connectivity index (χ2v) is 9.34. The van der Waals surface area contributed by atoms with Crippen molar-refractivity contribution < 1.29 is 13.2 Å². The highest BCUT2D eigenvalue weighted by molar-refractivity contribution is 7.92. The van der Waals surface area contributed by atoms with Crippen LogP contribution in [0.2, 0.25) is 0 Å². The van der Waals surface area contributed by atoms with E-state index >= 15 is 0 Å². The van der Waals surface area contributed by atoms with Gasteiger partial charge in [-0.1, -0.05) is 48.5 Å². The highest BCUT2D eigenvalue weighted by Gasteiger charge is 2.25. The topological polar surface area (TPSA) is 81.1 Å². The monoisotopic (exact) mass is 437 g/mol. The van der Waals surface area contributed by atoms with Crippen molar-refractivity contribution >= 4 is 32.8 Å². The van der Waals surface area contributed by atoms with Crippen molar-refractivity contribution in [3.8, 4) is 10.6 Å². The van der Waals surface area contributed by atoms with E-state index in [2.05, 4.69) is 9.82 Å². The van der Waals surface area contributed by atoms with E-state index in [4.69, 9.17) is 0 Å². The third kappa shape index (κ3) is 4.34. The number of carbonyl (C=O) groups is 1. The minimum Gasteiger partial charge on any atom is -0.295 e. The summed E-state index contributed by atoms with van der Waals surface area (Å²) in [6.45, 7) is 1.89. The maximum Gasteiger partial charge on any atom is 0.265 e. The molecule has 0 atom stereocenters. The fourth-order valence-corrected chi connectivity index (χ4v) is 5.05. The Bertz CT molecular complexity index is 1280. The summed E-state index contributed by atoms with van der Waals surface area (Å²) in [7, 11) is -3.92. The zero-order valence-electron chi connectivity index (χ0n) is 16.1. The number of nitrogens with zero attached hydrogens (tertiary/aromatic N) is 2. The van der Waals surface area contributed by atoms with E-state index in [1.807, 2.05) is 47.8 Å². The Balaban J connectivity index is 1.72. The van der Waals surface area contributed by atoms with Crippen molar-refractivity contribution in [2.45, 2.75) is 18.4 Å². The standard InChI is InChI=1S/C22H19N3O3S2/c1-16(26)18-9-5-10-19(13-18)24-30(27,28)21-15-25(14-17-7-3-2-4-8-17)23-22(21)20-11-6-12-29-20/h2-13,15,24H,14H2,1H3. The molecule has 1 N–H and O–H groups in total. The van der Waals surface area contributed by atoms with Crippen LogP contribution in [0.25, 0.3) is 10.6 Å². The molecule has 0 amide bonds. The third-order valence-corrected chi connectivity index (χ3v) is 6.74. The van der Waals surface area contributed by atoms with E-state index in [1.54, 1.807) is 29.1 Å². The SMILES string of the molecule is CC(=O)c1cccc(NS(=O)(=O)c2cn(Cc3ccccc3)nc2-c2cccs2)c1. The van der Waals surface area contributed by atoms with Gasteiger partial charge in [-0.2, -0.15) is 5.10 Å². The number of benzene rings is 2. The molecule has 0 radical (unpaired) electrons. The summed E-state index contributed by atoms with van der Waals surface area (Å²) >= 11 is 1.43. The Morgan fingerprint density at radius 1 is 1.07 bits per heavy atom. The maximum atomic E-state index is 13.2. The van der Waals surface area contributed by atoms with Crippen molar-refractivity contribution in [1.82, 2.24) is 9.78 Å². The van der Waals surface area contributed by atoms with Gasteiger partial charge in [-0.3, -0.25) is 14.2 Å². The summed E-state index contributed by atoms with van der Waals surface area (Å²) in [6, 6.07) is 19.9. The van der Waals surface area contributed by atoms with Crippen LogP contribution in [0, 0.1) is 0 Å². The third-order valence-electron chi connectivity index (χ3n) is 4.48. The van der Waals surface area contributed by atoms with Crippen LogP contribution >= 0.6 is 11.3 Å². The van der Waals surface area contributed by atoms with E-state index in [-0.39, 0.29) is 10.7 Å². The van der Waals surface area contributed by atoms with Gasteiger partial charge in [-0.05, 0) is 36.1 Å². The van der Waals surface area contributed by atoms with Gasteiger partial charge < -0.3 is 0 Å². The van der Waals surface area contributed by atoms with Crippen molar-refractivity contribution in [2.24, 2.45) is 0 Å². The molecular weight excluding hydrogens is 418 g/mol.